The topological polar surface area (TPSA) is 55.0 Å². The standard InChI is InChI=1S/C8H12N2O2/c1-3-6-5-9-8(11)10-7(6)12-4-2/h5H,3-4H2,1-2H3,(H,9,10,11). The number of ether oxygens (including phenoxy) is 1. The summed E-state index contributed by atoms with van der Waals surface area (Å²) in [5, 5.41) is 0. The van der Waals surface area contributed by atoms with Crippen LogP contribution in [0.25, 0.3) is 0 Å². The number of aromatic nitrogens is 2. The number of hydrogen-bond donors (Lipinski definition) is 1. The van der Waals surface area contributed by atoms with Gasteiger partial charge in [0.25, 0.3) is 0 Å². The summed E-state index contributed by atoms with van der Waals surface area (Å²) in [7, 11) is 0. The molecule has 0 unspecified atom stereocenters. The average Bonchev–Trinajstić information content (AvgIpc) is 2.05. The Hall–Kier alpha value is -1.32. The molecule has 1 aromatic heterocycles. The van der Waals surface area contributed by atoms with E-state index in [4.69, 9.17) is 4.74 Å². The van der Waals surface area contributed by atoms with E-state index in [1.807, 2.05) is 13.8 Å². The smallest absolute Gasteiger partial charge is 0.347 e. The summed E-state index contributed by atoms with van der Waals surface area (Å²) in [6.45, 7) is 4.41. The molecule has 0 amide bonds. The van der Waals surface area contributed by atoms with E-state index in [9.17, 15) is 4.79 Å². The first-order chi connectivity index (χ1) is 5.77. The first kappa shape index (κ1) is 8.77. The van der Waals surface area contributed by atoms with Crippen LogP contribution in [-0.4, -0.2) is 16.6 Å². The maximum Gasteiger partial charge on any atom is 0.347 e. The van der Waals surface area contributed by atoms with Gasteiger partial charge in [0.2, 0.25) is 0 Å². The number of H-pyrrole nitrogens is 1. The maximum absolute atomic E-state index is 10.8. The quantitative estimate of drug-likeness (QED) is 0.723. The van der Waals surface area contributed by atoms with Crippen LogP contribution in [0.15, 0.2) is 11.0 Å². The third-order valence-corrected chi connectivity index (χ3v) is 1.52. The third-order valence-electron chi connectivity index (χ3n) is 1.52. The van der Waals surface area contributed by atoms with E-state index in [2.05, 4.69) is 9.97 Å². The van der Waals surface area contributed by atoms with E-state index in [0.717, 1.165) is 12.0 Å². The molecule has 0 atom stereocenters. The molecule has 0 fully saturated rings. The molecular weight excluding hydrogens is 156 g/mol. The van der Waals surface area contributed by atoms with Crippen LogP contribution in [-0.2, 0) is 6.42 Å². The number of rotatable bonds is 3. The SMILES string of the molecule is CCOc1[nH]c(=O)ncc1CC. The summed E-state index contributed by atoms with van der Waals surface area (Å²) in [6, 6.07) is 0. The highest BCUT2D eigenvalue weighted by molar-refractivity contribution is 5.21. The summed E-state index contributed by atoms with van der Waals surface area (Å²) >= 11 is 0. The van der Waals surface area contributed by atoms with Gasteiger partial charge in [0.15, 0.2) is 5.88 Å². The van der Waals surface area contributed by atoms with Gasteiger partial charge >= 0.3 is 5.69 Å². The van der Waals surface area contributed by atoms with Gasteiger partial charge in [-0.1, -0.05) is 6.92 Å². The molecule has 12 heavy (non-hydrogen) atoms. The molecule has 0 saturated carbocycles. The zero-order valence-electron chi connectivity index (χ0n) is 7.26. The molecule has 0 aliphatic rings. The minimum absolute atomic E-state index is 0.365. The van der Waals surface area contributed by atoms with E-state index in [-0.39, 0.29) is 5.69 Å². The lowest BCUT2D eigenvalue weighted by Gasteiger charge is -2.05. The van der Waals surface area contributed by atoms with Crippen molar-refractivity contribution in [2.24, 2.45) is 0 Å². The van der Waals surface area contributed by atoms with E-state index < -0.39 is 0 Å². The molecule has 0 radical (unpaired) electrons. The van der Waals surface area contributed by atoms with Crippen LogP contribution in [0.3, 0.4) is 0 Å². The Morgan fingerprint density at radius 2 is 2.33 bits per heavy atom. The minimum Gasteiger partial charge on any atom is -0.479 e. The van der Waals surface area contributed by atoms with Gasteiger partial charge in [-0.2, -0.15) is 0 Å². The average molecular weight is 168 g/mol. The van der Waals surface area contributed by atoms with Crippen LogP contribution >= 0.6 is 0 Å². The van der Waals surface area contributed by atoms with Crippen LogP contribution in [0.4, 0.5) is 0 Å². The Morgan fingerprint density at radius 3 is 2.92 bits per heavy atom. The Bertz CT molecular complexity index is 306. The van der Waals surface area contributed by atoms with E-state index in [1.54, 1.807) is 6.20 Å². The molecule has 66 valence electrons. The molecule has 1 heterocycles. The largest absolute Gasteiger partial charge is 0.479 e. The fraction of sp³-hybridized carbons (Fsp3) is 0.500. The molecule has 1 rings (SSSR count). The summed E-state index contributed by atoms with van der Waals surface area (Å²) < 4.78 is 5.21. The van der Waals surface area contributed by atoms with Crippen molar-refractivity contribution in [1.82, 2.24) is 9.97 Å². The predicted octanol–water partition coefficient (Wildman–Crippen LogP) is 0.731. The van der Waals surface area contributed by atoms with Crippen molar-refractivity contribution in [1.29, 1.82) is 0 Å². The predicted molar refractivity (Wildman–Crippen MR) is 45.4 cm³/mol. The van der Waals surface area contributed by atoms with Crippen molar-refractivity contribution < 1.29 is 4.74 Å². The zero-order valence-corrected chi connectivity index (χ0v) is 7.26. The van der Waals surface area contributed by atoms with Gasteiger partial charge < -0.3 is 4.74 Å². The molecule has 0 aromatic carbocycles. The highest BCUT2D eigenvalue weighted by atomic mass is 16.5. The Balaban J connectivity index is 3.03. The molecule has 0 saturated heterocycles. The lowest BCUT2D eigenvalue weighted by atomic mass is 10.2. The first-order valence-electron chi connectivity index (χ1n) is 3.99. The highest BCUT2D eigenvalue weighted by Crippen LogP contribution is 2.11. The second kappa shape index (κ2) is 3.90. The number of nitrogens with one attached hydrogen (secondary N) is 1. The first-order valence-corrected chi connectivity index (χ1v) is 3.99. The lowest BCUT2D eigenvalue weighted by Crippen LogP contribution is -2.13. The Morgan fingerprint density at radius 1 is 1.58 bits per heavy atom. The zero-order chi connectivity index (χ0) is 8.97. The van der Waals surface area contributed by atoms with Crippen LogP contribution in [0.1, 0.15) is 19.4 Å². The fourth-order valence-corrected chi connectivity index (χ4v) is 0.930. The molecule has 0 bridgehead atoms. The maximum atomic E-state index is 10.8. The number of hydrogen-bond acceptors (Lipinski definition) is 3. The van der Waals surface area contributed by atoms with Gasteiger partial charge in [0.05, 0.1) is 6.61 Å². The Kier molecular flexibility index (Phi) is 2.85. The molecule has 1 N–H and O–H groups in total. The second-order valence-electron chi connectivity index (χ2n) is 2.33. The second-order valence-corrected chi connectivity index (χ2v) is 2.33. The van der Waals surface area contributed by atoms with Crippen LogP contribution < -0.4 is 10.4 Å². The summed E-state index contributed by atoms with van der Waals surface area (Å²) in [6.07, 6.45) is 2.35. The Labute approximate surface area is 70.6 Å². The van der Waals surface area contributed by atoms with E-state index in [0.29, 0.717) is 12.5 Å². The molecule has 4 heteroatoms. The molecule has 0 spiro atoms. The van der Waals surface area contributed by atoms with Gasteiger partial charge in [-0.25, -0.2) is 9.78 Å². The van der Waals surface area contributed by atoms with Crippen LogP contribution in [0, 0.1) is 0 Å². The number of aryl methyl sites for hydroxylation is 1. The van der Waals surface area contributed by atoms with Crippen molar-refractivity contribution in [3.05, 3.63) is 22.2 Å². The van der Waals surface area contributed by atoms with Gasteiger partial charge in [-0.3, -0.25) is 4.98 Å². The highest BCUT2D eigenvalue weighted by Gasteiger charge is 2.01. The van der Waals surface area contributed by atoms with Crippen molar-refractivity contribution in [3.8, 4) is 5.88 Å². The minimum atomic E-state index is -0.365. The van der Waals surface area contributed by atoms with Gasteiger partial charge in [0.1, 0.15) is 0 Å². The van der Waals surface area contributed by atoms with Crippen molar-refractivity contribution in [2.45, 2.75) is 20.3 Å². The van der Waals surface area contributed by atoms with Gasteiger partial charge in [-0.15, -0.1) is 0 Å². The lowest BCUT2D eigenvalue weighted by molar-refractivity contribution is 0.321. The number of aromatic amines is 1. The molecule has 1 aromatic rings. The monoisotopic (exact) mass is 168 g/mol. The summed E-state index contributed by atoms with van der Waals surface area (Å²) in [5.74, 6) is 0.542. The summed E-state index contributed by atoms with van der Waals surface area (Å²) in [4.78, 5) is 16.9. The molecular formula is C8H12N2O2. The van der Waals surface area contributed by atoms with E-state index >= 15 is 0 Å². The van der Waals surface area contributed by atoms with Crippen LogP contribution in [0.2, 0.25) is 0 Å². The van der Waals surface area contributed by atoms with Gasteiger partial charge in [0, 0.05) is 11.8 Å². The molecule has 0 aliphatic heterocycles. The fourth-order valence-electron chi connectivity index (χ4n) is 0.930. The van der Waals surface area contributed by atoms with E-state index in [1.165, 1.54) is 0 Å². The molecule has 4 nitrogen and oxygen atoms in total. The third kappa shape index (κ3) is 1.84. The van der Waals surface area contributed by atoms with Crippen molar-refractivity contribution in [3.63, 3.8) is 0 Å². The summed E-state index contributed by atoms with van der Waals surface area (Å²) in [5.41, 5.74) is 0.562. The van der Waals surface area contributed by atoms with Crippen LogP contribution in [0.5, 0.6) is 5.88 Å². The normalized spacial score (nSPS) is 9.83. The van der Waals surface area contributed by atoms with Gasteiger partial charge in [-0.05, 0) is 13.3 Å². The van der Waals surface area contributed by atoms with Crippen molar-refractivity contribution in [2.75, 3.05) is 6.61 Å². The number of nitrogens with zero attached hydrogens (tertiary/aromatic N) is 1. The molecule has 0 aliphatic carbocycles. The van der Waals surface area contributed by atoms with Crippen molar-refractivity contribution >= 4 is 0 Å².